The maximum absolute atomic E-state index is 13.2. The van der Waals surface area contributed by atoms with Crippen LogP contribution in [0.5, 0.6) is 5.75 Å². The summed E-state index contributed by atoms with van der Waals surface area (Å²) in [4.78, 5) is 36.5. The van der Waals surface area contributed by atoms with E-state index in [1.807, 2.05) is 0 Å². The van der Waals surface area contributed by atoms with Crippen LogP contribution in [0.1, 0.15) is 20.7 Å². The lowest BCUT2D eigenvalue weighted by atomic mass is 10.0. The Bertz CT molecular complexity index is 1770. The third-order valence-corrected chi connectivity index (χ3v) is 5.64. The van der Waals surface area contributed by atoms with E-state index in [4.69, 9.17) is 6.57 Å². The van der Waals surface area contributed by atoms with E-state index in [1.165, 1.54) is 48.6 Å². The first-order valence-electron chi connectivity index (χ1n) is 11.4. The van der Waals surface area contributed by atoms with Crippen LogP contribution in [0.25, 0.3) is 21.6 Å². The number of aromatic nitrogens is 4. The Morgan fingerprint density at radius 3 is 2.51 bits per heavy atom. The molecule has 0 bridgehead atoms. The molecule has 2 aromatic heterocycles. The zero-order valence-corrected chi connectivity index (χ0v) is 20.3. The summed E-state index contributed by atoms with van der Waals surface area (Å²) in [6.45, 7) is 7.46. The Labute approximate surface area is 221 Å². The van der Waals surface area contributed by atoms with Crippen molar-refractivity contribution in [1.29, 1.82) is 0 Å². The number of phenolic OH excluding ortho intramolecular Hbond substituents is 1. The topological polar surface area (TPSA) is 148 Å². The Morgan fingerprint density at radius 2 is 1.79 bits per heavy atom. The molecule has 0 saturated heterocycles. The third kappa shape index (κ3) is 4.87. The summed E-state index contributed by atoms with van der Waals surface area (Å²) in [6.07, 6.45) is 4.35. The first kappa shape index (κ1) is 24.7. The van der Waals surface area contributed by atoms with Gasteiger partial charge in [0.25, 0.3) is 17.5 Å². The van der Waals surface area contributed by atoms with Crippen molar-refractivity contribution in [2.45, 2.75) is 0 Å². The Balaban J connectivity index is 1.54. The molecule has 0 unspecified atom stereocenters. The van der Waals surface area contributed by atoms with E-state index in [-0.39, 0.29) is 28.7 Å². The molecule has 190 valence electrons. The van der Waals surface area contributed by atoms with Crippen LogP contribution >= 0.6 is 0 Å². The number of nitrogens with one attached hydrogen (secondary N) is 1. The number of hydrogen-bond donors (Lipinski definition) is 2. The number of amides is 1. The van der Waals surface area contributed by atoms with Crippen LogP contribution in [0.15, 0.2) is 89.5 Å². The highest BCUT2D eigenvalue weighted by Gasteiger charge is 2.20. The van der Waals surface area contributed by atoms with Crippen molar-refractivity contribution in [3.05, 3.63) is 102 Å². The number of carbonyl (C=O) groups excluding carboxylic acids is 2. The number of fused-ring (bicyclic) bond motifs is 1. The number of azo groups is 1. The van der Waals surface area contributed by atoms with E-state index in [1.54, 1.807) is 42.5 Å². The number of aromatic hydroxyl groups is 1. The van der Waals surface area contributed by atoms with E-state index < -0.39 is 17.6 Å². The van der Waals surface area contributed by atoms with Gasteiger partial charge in [-0.3, -0.25) is 4.79 Å². The number of ether oxygens (including phenoxy) is 1. The number of carbonyl (C=O) groups is 2. The molecule has 0 fully saturated rings. The molecule has 1 amide bonds. The maximum atomic E-state index is 13.2. The molecule has 12 heteroatoms. The van der Waals surface area contributed by atoms with Crippen molar-refractivity contribution < 1.29 is 19.4 Å². The van der Waals surface area contributed by atoms with Crippen molar-refractivity contribution in [2.75, 3.05) is 12.4 Å². The standard InChI is InChI=1S/C27H18N8O4/c1-28-21-15-31-35(27-29-12-5-13-30-27)24(21)34-33-22-19-7-4-3-6-17(19)14-20(23(22)36)25(37)32-18-10-8-16(9-11-18)26(38)39-2/h3-15,36H,2H3,(H,32,37)/b34-33+. The Hall–Kier alpha value is -5.96. The molecule has 2 heterocycles. The Kier molecular flexibility index (Phi) is 6.70. The minimum Gasteiger partial charge on any atom is -0.505 e. The fraction of sp³-hybridized carbons (Fsp3) is 0.0370. The van der Waals surface area contributed by atoms with Crippen LogP contribution in [0.4, 0.5) is 22.9 Å². The van der Waals surface area contributed by atoms with Crippen LogP contribution in [0.3, 0.4) is 0 Å². The zero-order valence-electron chi connectivity index (χ0n) is 20.3. The molecule has 0 spiro atoms. The summed E-state index contributed by atoms with van der Waals surface area (Å²) in [5.74, 6) is -1.28. The van der Waals surface area contributed by atoms with Gasteiger partial charge in [-0.15, -0.1) is 10.2 Å². The van der Waals surface area contributed by atoms with E-state index in [9.17, 15) is 14.7 Å². The second-order valence-electron chi connectivity index (χ2n) is 7.99. The fourth-order valence-electron chi connectivity index (χ4n) is 3.75. The highest BCUT2D eigenvalue weighted by Crippen LogP contribution is 2.40. The first-order chi connectivity index (χ1) is 19.0. The lowest BCUT2D eigenvalue weighted by Gasteiger charge is -2.11. The molecule has 3 aromatic carbocycles. The number of nitrogens with zero attached hydrogens (tertiary/aromatic N) is 7. The molecule has 2 N–H and O–H groups in total. The van der Waals surface area contributed by atoms with Crippen LogP contribution in [0, 0.1) is 6.57 Å². The quantitative estimate of drug-likeness (QED) is 0.171. The van der Waals surface area contributed by atoms with E-state index in [0.717, 1.165) is 0 Å². The van der Waals surface area contributed by atoms with Crippen molar-refractivity contribution in [2.24, 2.45) is 10.2 Å². The second kappa shape index (κ2) is 10.6. The molecule has 0 aliphatic rings. The van der Waals surface area contributed by atoms with Crippen molar-refractivity contribution in [3.8, 4) is 11.7 Å². The van der Waals surface area contributed by atoms with Crippen LogP contribution < -0.4 is 5.32 Å². The maximum Gasteiger partial charge on any atom is 0.337 e. The molecule has 0 aliphatic carbocycles. The van der Waals surface area contributed by atoms with E-state index in [2.05, 4.69) is 40.2 Å². The molecule has 39 heavy (non-hydrogen) atoms. The van der Waals surface area contributed by atoms with Gasteiger partial charge in [-0.25, -0.2) is 19.6 Å². The van der Waals surface area contributed by atoms with Gasteiger partial charge >= 0.3 is 5.97 Å². The summed E-state index contributed by atoms with van der Waals surface area (Å²) >= 11 is 0. The lowest BCUT2D eigenvalue weighted by molar-refractivity contribution is 0.0600. The summed E-state index contributed by atoms with van der Waals surface area (Å²) in [5, 5.41) is 27.6. The first-order valence-corrected chi connectivity index (χ1v) is 11.4. The van der Waals surface area contributed by atoms with Crippen molar-refractivity contribution in [3.63, 3.8) is 0 Å². The number of benzene rings is 3. The minimum absolute atomic E-state index is 0.0250. The number of phenols is 1. The van der Waals surface area contributed by atoms with Crippen LogP contribution in [-0.4, -0.2) is 43.8 Å². The van der Waals surface area contributed by atoms with Crippen LogP contribution in [0.2, 0.25) is 0 Å². The van der Waals surface area contributed by atoms with E-state index >= 15 is 0 Å². The van der Waals surface area contributed by atoms with Crippen molar-refractivity contribution in [1.82, 2.24) is 19.7 Å². The van der Waals surface area contributed by atoms with Gasteiger partial charge in [0.2, 0.25) is 0 Å². The number of hydrogen-bond acceptors (Lipinski definition) is 9. The van der Waals surface area contributed by atoms with Gasteiger partial charge < -0.3 is 15.2 Å². The molecule has 5 rings (SSSR count). The number of methoxy groups -OCH3 is 1. The van der Waals surface area contributed by atoms with Crippen LogP contribution in [-0.2, 0) is 4.74 Å². The Morgan fingerprint density at radius 1 is 1.05 bits per heavy atom. The van der Waals surface area contributed by atoms with Crippen molar-refractivity contribution >= 4 is 45.5 Å². The average Bonchev–Trinajstić information content (AvgIpc) is 3.39. The predicted octanol–water partition coefficient (Wildman–Crippen LogP) is 5.53. The van der Waals surface area contributed by atoms with Gasteiger partial charge in [0.05, 0.1) is 31.0 Å². The van der Waals surface area contributed by atoms with Gasteiger partial charge in [-0.2, -0.15) is 9.78 Å². The minimum atomic E-state index is -0.606. The zero-order chi connectivity index (χ0) is 27.4. The van der Waals surface area contributed by atoms with E-state index in [0.29, 0.717) is 22.0 Å². The number of anilines is 1. The molecular formula is C27H18N8O4. The average molecular weight is 518 g/mol. The fourth-order valence-corrected chi connectivity index (χ4v) is 3.75. The summed E-state index contributed by atoms with van der Waals surface area (Å²) < 4.78 is 5.94. The molecule has 0 atom stereocenters. The largest absolute Gasteiger partial charge is 0.505 e. The smallest absolute Gasteiger partial charge is 0.337 e. The monoisotopic (exact) mass is 518 g/mol. The molecule has 0 radical (unpaired) electrons. The predicted molar refractivity (Wildman–Crippen MR) is 141 cm³/mol. The molecular weight excluding hydrogens is 500 g/mol. The third-order valence-electron chi connectivity index (χ3n) is 5.64. The number of esters is 1. The van der Waals surface area contributed by atoms with Gasteiger partial charge in [-0.05, 0) is 41.8 Å². The molecule has 0 saturated carbocycles. The van der Waals surface area contributed by atoms with Gasteiger partial charge in [0.1, 0.15) is 5.69 Å². The SMILES string of the molecule is [C-]#[N+]c1cnn(-c2ncccn2)c1/N=N/c1c(O)c(C(=O)Nc2ccc(C(=O)OC)cc2)cc2ccccc12. The normalized spacial score (nSPS) is 10.9. The van der Waals surface area contributed by atoms with Gasteiger partial charge in [0, 0.05) is 23.5 Å². The van der Waals surface area contributed by atoms with Gasteiger partial charge in [0.15, 0.2) is 11.6 Å². The lowest BCUT2D eigenvalue weighted by Crippen LogP contribution is -2.12. The molecule has 5 aromatic rings. The number of rotatable bonds is 6. The highest BCUT2D eigenvalue weighted by molar-refractivity contribution is 6.11. The second-order valence-corrected chi connectivity index (χ2v) is 7.99. The van der Waals surface area contributed by atoms with Gasteiger partial charge in [-0.1, -0.05) is 24.3 Å². The summed E-state index contributed by atoms with van der Waals surface area (Å²) in [7, 11) is 1.28. The summed E-state index contributed by atoms with van der Waals surface area (Å²) in [5.41, 5.74) is 0.795. The molecule has 12 nitrogen and oxygen atoms in total. The molecule has 0 aliphatic heterocycles. The highest BCUT2D eigenvalue weighted by atomic mass is 16.5. The summed E-state index contributed by atoms with van der Waals surface area (Å²) in [6, 6.07) is 16.3.